The van der Waals surface area contributed by atoms with Crippen molar-refractivity contribution < 1.29 is 0 Å². The highest BCUT2D eigenvalue weighted by Crippen LogP contribution is 2.20. The Morgan fingerprint density at radius 1 is 0.905 bits per heavy atom. The Balaban J connectivity index is 0.000000240. The molecule has 0 saturated carbocycles. The van der Waals surface area contributed by atoms with Crippen LogP contribution in [-0.2, 0) is 0 Å². The number of hydrogen-bond acceptors (Lipinski definition) is 0. The van der Waals surface area contributed by atoms with Gasteiger partial charge in [0.25, 0.3) is 0 Å². The van der Waals surface area contributed by atoms with Crippen molar-refractivity contribution in [2.24, 2.45) is 0 Å². The number of allylic oxidation sites excluding steroid dienone is 2. The third-order valence-corrected chi connectivity index (χ3v) is 3.74. The van der Waals surface area contributed by atoms with E-state index in [1.54, 1.807) is 0 Å². The van der Waals surface area contributed by atoms with E-state index in [4.69, 9.17) is 11.6 Å². The zero-order valence-electron chi connectivity index (χ0n) is 12.4. The first-order valence-electron chi connectivity index (χ1n) is 7.26. The average molecular weight is 366 g/mol. The van der Waals surface area contributed by atoms with Gasteiger partial charge in [-0.2, -0.15) is 0 Å². The van der Waals surface area contributed by atoms with Crippen LogP contribution >= 0.6 is 27.5 Å². The second-order valence-corrected chi connectivity index (χ2v) is 5.92. The van der Waals surface area contributed by atoms with E-state index >= 15 is 0 Å². The van der Waals surface area contributed by atoms with Crippen LogP contribution in [0.5, 0.6) is 0 Å². The van der Waals surface area contributed by atoms with Crippen LogP contribution in [-0.4, -0.2) is 5.88 Å². The molecular formula is C19H22BrCl. The van der Waals surface area contributed by atoms with Crippen molar-refractivity contribution in [3.8, 4) is 11.1 Å². The maximum atomic E-state index is 5.46. The van der Waals surface area contributed by atoms with Gasteiger partial charge in [0.2, 0.25) is 0 Å². The Hall–Kier alpha value is -1.05. The molecule has 0 fully saturated rings. The maximum Gasteiger partial charge on any atom is 0.0223 e. The summed E-state index contributed by atoms with van der Waals surface area (Å²) in [7, 11) is 0. The quantitative estimate of drug-likeness (QED) is 0.301. The smallest absolute Gasteiger partial charge is 0.0223 e. The van der Waals surface area contributed by atoms with E-state index in [9.17, 15) is 0 Å². The molecule has 112 valence electrons. The monoisotopic (exact) mass is 364 g/mol. The highest BCUT2D eigenvalue weighted by Gasteiger charge is 1.94. The Kier molecular flexibility index (Phi) is 9.94. The van der Waals surface area contributed by atoms with Crippen LogP contribution < -0.4 is 0 Å². The lowest BCUT2D eigenvalue weighted by atomic mass is 10.1. The summed E-state index contributed by atoms with van der Waals surface area (Å²) in [5.41, 5.74) is 2.51. The number of benzene rings is 2. The molecule has 0 N–H and O–H groups in total. The first-order valence-corrected chi connectivity index (χ1v) is 8.58. The van der Waals surface area contributed by atoms with Crippen molar-refractivity contribution in [3.05, 3.63) is 71.2 Å². The fraction of sp³-hybridized carbons (Fsp3) is 0.263. The molecule has 2 aromatic carbocycles. The van der Waals surface area contributed by atoms with Gasteiger partial charge in [0.05, 0.1) is 0 Å². The summed E-state index contributed by atoms with van der Waals surface area (Å²) in [6, 6.07) is 18.7. The lowest BCUT2D eigenvalue weighted by Crippen LogP contribution is -1.75. The van der Waals surface area contributed by atoms with Crippen LogP contribution in [0.3, 0.4) is 0 Å². The summed E-state index contributed by atoms with van der Waals surface area (Å²) in [6.45, 7) is 2.04. The molecule has 2 heteroatoms. The topological polar surface area (TPSA) is 0 Å². The molecule has 0 radical (unpaired) electrons. The highest BCUT2D eigenvalue weighted by molar-refractivity contribution is 9.10. The summed E-state index contributed by atoms with van der Waals surface area (Å²) in [6.07, 6.45) is 7.81. The highest BCUT2D eigenvalue weighted by atomic mass is 79.9. The molecule has 2 aromatic rings. The van der Waals surface area contributed by atoms with Crippen molar-refractivity contribution in [3.63, 3.8) is 0 Å². The summed E-state index contributed by atoms with van der Waals surface area (Å²) in [5, 5.41) is 0. The Morgan fingerprint density at radius 2 is 1.52 bits per heavy atom. The van der Waals surface area contributed by atoms with Gasteiger partial charge in [0.1, 0.15) is 0 Å². The van der Waals surface area contributed by atoms with E-state index in [2.05, 4.69) is 76.6 Å². The van der Waals surface area contributed by atoms with Crippen LogP contribution in [0.2, 0.25) is 0 Å². The molecular weight excluding hydrogens is 344 g/mol. The van der Waals surface area contributed by atoms with E-state index in [0.717, 1.165) is 16.8 Å². The van der Waals surface area contributed by atoms with E-state index < -0.39 is 0 Å². The molecule has 0 bridgehead atoms. The largest absolute Gasteiger partial charge is 0.127 e. The zero-order chi connectivity index (χ0) is 15.3. The van der Waals surface area contributed by atoms with Gasteiger partial charge in [-0.15, -0.1) is 11.6 Å². The average Bonchev–Trinajstić information content (AvgIpc) is 2.54. The van der Waals surface area contributed by atoms with Crippen LogP contribution in [0, 0.1) is 0 Å². The van der Waals surface area contributed by atoms with Crippen LogP contribution in [0.4, 0.5) is 0 Å². The lowest BCUT2D eigenvalue weighted by molar-refractivity contribution is 0.819. The van der Waals surface area contributed by atoms with Crippen molar-refractivity contribution >= 4 is 27.5 Å². The van der Waals surface area contributed by atoms with Gasteiger partial charge in [-0.1, -0.05) is 70.5 Å². The molecule has 0 aliphatic rings. The number of unbranched alkanes of at least 4 members (excludes halogenated alkanes) is 2. The van der Waals surface area contributed by atoms with Crippen LogP contribution in [0.25, 0.3) is 11.1 Å². The molecule has 0 spiro atoms. The normalized spacial score (nSPS) is 10.2. The molecule has 0 aliphatic heterocycles. The molecule has 21 heavy (non-hydrogen) atoms. The minimum atomic E-state index is 0.803. The summed E-state index contributed by atoms with van der Waals surface area (Å²) in [5.74, 6) is 0.803. The lowest BCUT2D eigenvalue weighted by Gasteiger charge is -2.00. The fourth-order valence-electron chi connectivity index (χ4n) is 1.80. The maximum absolute atomic E-state index is 5.46. The third kappa shape index (κ3) is 8.08. The van der Waals surface area contributed by atoms with E-state index in [-0.39, 0.29) is 0 Å². The number of rotatable bonds is 5. The van der Waals surface area contributed by atoms with Gasteiger partial charge in [0, 0.05) is 10.4 Å². The molecule has 2 rings (SSSR count). The summed E-state index contributed by atoms with van der Waals surface area (Å²) < 4.78 is 1.12. The second kappa shape index (κ2) is 11.6. The Labute approximate surface area is 142 Å². The van der Waals surface area contributed by atoms with Crippen molar-refractivity contribution in [2.75, 3.05) is 5.88 Å². The molecule has 0 heterocycles. The predicted molar refractivity (Wildman–Crippen MR) is 99.0 cm³/mol. The third-order valence-electron chi connectivity index (χ3n) is 2.94. The Morgan fingerprint density at radius 3 is 2.10 bits per heavy atom. The van der Waals surface area contributed by atoms with Gasteiger partial charge < -0.3 is 0 Å². The molecule has 0 atom stereocenters. The van der Waals surface area contributed by atoms with Gasteiger partial charge in [0.15, 0.2) is 0 Å². The van der Waals surface area contributed by atoms with Crippen LogP contribution in [0.1, 0.15) is 26.2 Å². The van der Waals surface area contributed by atoms with Crippen molar-refractivity contribution in [1.29, 1.82) is 0 Å². The molecule has 0 aromatic heterocycles. The number of hydrogen-bond donors (Lipinski definition) is 0. The fourth-order valence-corrected chi connectivity index (χ4v) is 2.25. The summed E-state index contributed by atoms with van der Waals surface area (Å²) >= 11 is 8.87. The van der Waals surface area contributed by atoms with Gasteiger partial charge in [-0.3, -0.25) is 0 Å². The molecule has 0 nitrogen and oxygen atoms in total. The second-order valence-electron chi connectivity index (χ2n) is 4.63. The molecule has 0 amide bonds. The van der Waals surface area contributed by atoms with E-state index in [0.29, 0.717) is 0 Å². The predicted octanol–water partition coefficient (Wildman–Crippen LogP) is 7.09. The SMILES string of the molecule is Brc1ccc(-c2ccccc2)cc1.CC=CCCCCCl. The first-order chi connectivity index (χ1) is 10.3. The minimum absolute atomic E-state index is 0.803. The molecule has 0 unspecified atom stereocenters. The van der Waals surface area contributed by atoms with E-state index in [1.165, 1.54) is 24.0 Å². The standard InChI is InChI=1S/C12H9Br.C7H13Cl/c13-12-8-6-11(7-9-12)10-4-2-1-3-5-10;1-2-3-4-5-6-7-8/h1-9H;2-3H,4-7H2,1H3. The minimum Gasteiger partial charge on any atom is -0.127 e. The van der Waals surface area contributed by atoms with Crippen LogP contribution in [0.15, 0.2) is 71.2 Å². The molecule has 0 saturated heterocycles. The Bertz CT molecular complexity index is 503. The van der Waals surface area contributed by atoms with E-state index in [1.807, 2.05) is 13.0 Å². The van der Waals surface area contributed by atoms with Gasteiger partial charge in [-0.25, -0.2) is 0 Å². The molecule has 0 aliphatic carbocycles. The van der Waals surface area contributed by atoms with Crippen molar-refractivity contribution in [1.82, 2.24) is 0 Å². The van der Waals surface area contributed by atoms with Crippen molar-refractivity contribution in [2.45, 2.75) is 26.2 Å². The zero-order valence-corrected chi connectivity index (χ0v) is 14.8. The van der Waals surface area contributed by atoms with Gasteiger partial charge >= 0.3 is 0 Å². The number of alkyl halides is 1. The first kappa shape index (κ1) is 18.0. The number of halogens is 2. The van der Waals surface area contributed by atoms with Gasteiger partial charge in [-0.05, 0) is 49.4 Å². The summed E-state index contributed by atoms with van der Waals surface area (Å²) in [4.78, 5) is 0.